The van der Waals surface area contributed by atoms with E-state index in [1.807, 2.05) is 0 Å². The maximum Gasteiger partial charge on any atom is 0.407 e. The lowest BCUT2D eigenvalue weighted by Crippen LogP contribution is -2.54. The number of carbonyl (C=O) groups is 2. The Bertz CT molecular complexity index is 1110. The average Bonchev–Trinajstić information content (AvgIpc) is 3.15. The monoisotopic (exact) mass is 422 g/mol. The molecule has 31 heavy (non-hydrogen) atoms. The summed E-state index contributed by atoms with van der Waals surface area (Å²) in [4.78, 5) is 25.2. The summed E-state index contributed by atoms with van der Waals surface area (Å²) in [5, 5.41) is 34.7. The molecule has 0 saturated heterocycles. The zero-order chi connectivity index (χ0) is 22.3. The smallest absolute Gasteiger partial charge is 0.407 e. The van der Waals surface area contributed by atoms with Gasteiger partial charge in [0.2, 0.25) is 0 Å². The van der Waals surface area contributed by atoms with Gasteiger partial charge in [-0.2, -0.15) is 5.26 Å². The van der Waals surface area contributed by atoms with Gasteiger partial charge in [-0.05, 0) is 55.3 Å². The summed E-state index contributed by atoms with van der Waals surface area (Å²) >= 11 is 0. The Hall–Kier alpha value is -3.77. The highest BCUT2D eigenvalue weighted by Crippen LogP contribution is 2.40. The molecule has 4 N–H and O–H groups in total. The van der Waals surface area contributed by atoms with E-state index in [4.69, 9.17) is 9.84 Å². The van der Waals surface area contributed by atoms with Crippen molar-refractivity contribution in [1.82, 2.24) is 10.2 Å². The van der Waals surface area contributed by atoms with Gasteiger partial charge in [0.1, 0.15) is 17.5 Å². The van der Waals surface area contributed by atoms with Gasteiger partial charge in [-0.25, -0.2) is 9.59 Å². The molecule has 0 fully saturated rings. The molecule has 2 aromatic rings. The minimum Gasteiger partial charge on any atom is -0.485 e. The van der Waals surface area contributed by atoms with Crippen LogP contribution in [-0.4, -0.2) is 38.9 Å². The van der Waals surface area contributed by atoms with Crippen LogP contribution in [0.2, 0.25) is 0 Å². The molecular weight excluding hydrogens is 400 g/mol. The van der Waals surface area contributed by atoms with E-state index < -0.39 is 29.9 Å². The number of hydrogen-bond donors (Lipinski definition) is 4. The molecule has 0 saturated carbocycles. The molecule has 4 rings (SSSR count). The largest absolute Gasteiger partial charge is 0.485 e. The van der Waals surface area contributed by atoms with Crippen LogP contribution in [0.25, 0.3) is 0 Å². The van der Waals surface area contributed by atoms with Crippen LogP contribution >= 0.6 is 0 Å². The van der Waals surface area contributed by atoms with Crippen molar-refractivity contribution >= 4 is 17.8 Å². The van der Waals surface area contributed by atoms with Gasteiger partial charge < -0.3 is 25.6 Å². The lowest BCUT2D eigenvalue weighted by atomic mass is 9.86. The average molecular weight is 422 g/mol. The first kappa shape index (κ1) is 20.5. The van der Waals surface area contributed by atoms with Crippen LogP contribution in [0, 0.1) is 11.3 Å². The Balaban J connectivity index is 1.53. The number of benzene rings is 2. The molecule has 9 nitrogen and oxygen atoms in total. The minimum atomic E-state index is -1.05. The quantitative estimate of drug-likeness (QED) is 0.588. The van der Waals surface area contributed by atoms with E-state index in [-0.39, 0.29) is 6.54 Å². The van der Waals surface area contributed by atoms with Crippen molar-refractivity contribution in [1.29, 1.82) is 5.26 Å². The molecular formula is C22H22N4O5. The van der Waals surface area contributed by atoms with Gasteiger partial charge in [-0.15, -0.1) is 0 Å². The fraction of sp³-hybridized carbons (Fsp3) is 0.318. The molecule has 160 valence electrons. The lowest BCUT2D eigenvalue weighted by molar-refractivity contribution is -0.0618. The van der Waals surface area contributed by atoms with E-state index in [0.717, 1.165) is 11.1 Å². The first-order valence-electron chi connectivity index (χ1n) is 9.76. The second-order valence-corrected chi connectivity index (χ2v) is 8.21. The summed E-state index contributed by atoms with van der Waals surface area (Å²) in [6.07, 6.45) is -2.04. The van der Waals surface area contributed by atoms with E-state index in [9.17, 15) is 20.0 Å². The lowest BCUT2D eigenvalue weighted by Gasteiger charge is -2.42. The van der Waals surface area contributed by atoms with Crippen LogP contribution in [0.15, 0.2) is 36.4 Å². The number of ether oxygens (including phenoxy) is 1. The Morgan fingerprint density at radius 2 is 1.94 bits per heavy atom. The van der Waals surface area contributed by atoms with Crippen molar-refractivity contribution in [3.63, 3.8) is 0 Å². The van der Waals surface area contributed by atoms with Crippen LogP contribution in [0.5, 0.6) is 5.75 Å². The molecule has 9 heteroatoms. The van der Waals surface area contributed by atoms with E-state index >= 15 is 0 Å². The van der Waals surface area contributed by atoms with Crippen molar-refractivity contribution in [2.24, 2.45) is 0 Å². The number of urea groups is 1. The first-order valence-corrected chi connectivity index (χ1v) is 9.76. The van der Waals surface area contributed by atoms with Gasteiger partial charge in [0.05, 0.1) is 17.7 Å². The number of rotatable bonds is 2. The topological polar surface area (TPSA) is 135 Å². The number of nitrogens with zero attached hydrogens (tertiary/aromatic N) is 2. The SMILES string of the molecule is CC1(C)Oc2ccc(C#N)cc2[C@@H](NC(=O)Nc2ccc3c(c2)CN(C(=O)O)C3)[C@@H]1O. The number of nitrogens with one attached hydrogen (secondary N) is 2. The van der Waals surface area contributed by atoms with Crippen molar-refractivity contribution in [3.8, 4) is 11.8 Å². The number of nitriles is 1. The van der Waals surface area contributed by atoms with Gasteiger partial charge in [0.25, 0.3) is 0 Å². The van der Waals surface area contributed by atoms with E-state index in [2.05, 4.69) is 16.7 Å². The molecule has 3 amide bonds. The molecule has 2 aromatic carbocycles. The summed E-state index contributed by atoms with van der Waals surface area (Å²) in [6, 6.07) is 10.8. The Morgan fingerprint density at radius 1 is 1.19 bits per heavy atom. The third-order valence-electron chi connectivity index (χ3n) is 5.62. The molecule has 0 radical (unpaired) electrons. The van der Waals surface area contributed by atoms with Crippen molar-refractivity contribution < 1.29 is 24.5 Å². The standard InChI is InChI=1S/C22H22N4O5/c1-22(2)19(27)18(16-7-12(9-23)3-6-17(16)31-22)25-20(28)24-15-5-4-13-10-26(21(29)30)11-14(13)8-15/h3-8,18-19,27H,10-11H2,1-2H3,(H,29,30)(H2,24,25,28)/t18-,19+/m1/s1. The van der Waals surface area contributed by atoms with Gasteiger partial charge in [-0.1, -0.05) is 6.07 Å². The number of aliphatic hydroxyl groups is 1. The normalized spacial score (nSPS) is 20.6. The summed E-state index contributed by atoms with van der Waals surface area (Å²) in [7, 11) is 0. The molecule has 0 aromatic heterocycles. The molecule has 2 aliphatic rings. The number of carbonyl (C=O) groups excluding carboxylic acids is 1. The van der Waals surface area contributed by atoms with Crippen LogP contribution < -0.4 is 15.4 Å². The Kier molecular flexibility index (Phi) is 4.95. The van der Waals surface area contributed by atoms with Crippen LogP contribution in [0.3, 0.4) is 0 Å². The van der Waals surface area contributed by atoms with Gasteiger partial charge in [0, 0.05) is 24.3 Å². The first-order chi connectivity index (χ1) is 14.7. The third kappa shape index (κ3) is 3.85. The Labute approximate surface area is 178 Å². The predicted octanol–water partition coefficient (Wildman–Crippen LogP) is 2.95. The van der Waals surface area contributed by atoms with Crippen LogP contribution in [-0.2, 0) is 13.1 Å². The van der Waals surface area contributed by atoms with Crippen molar-refractivity contribution in [2.75, 3.05) is 5.32 Å². The number of fused-ring (bicyclic) bond motifs is 2. The molecule has 2 aliphatic heterocycles. The third-order valence-corrected chi connectivity index (χ3v) is 5.62. The summed E-state index contributed by atoms with van der Waals surface area (Å²) in [5.74, 6) is 0.492. The summed E-state index contributed by atoms with van der Waals surface area (Å²) < 4.78 is 5.86. The zero-order valence-corrected chi connectivity index (χ0v) is 17.0. The molecule has 0 unspecified atom stereocenters. The van der Waals surface area contributed by atoms with Crippen LogP contribution in [0.1, 0.15) is 42.1 Å². The fourth-order valence-corrected chi connectivity index (χ4v) is 3.94. The van der Waals surface area contributed by atoms with Gasteiger partial charge >= 0.3 is 12.1 Å². The van der Waals surface area contributed by atoms with Crippen LogP contribution in [0.4, 0.5) is 15.3 Å². The maximum atomic E-state index is 12.7. The number of aliphatic hydroxyl groups excluding tert-OH is 1. The second kappa shape index (κ2) is 7.49. The van der Waals surface area contributed by atoms with Crippen molar-refractivity contribution in [2.45, 2.75) is 44.7 Å². The zero-order valence-electron chi connectivity index (χ0n) is 17.0. The fourth-order valence-electron chi connectivity index (χ4n) is 3.94. The number of anilines is 1. The molecule has 2 heterocycles. The minimum absolute atomic E-state index is 0.263. The molecule has 0 spiro atoms. The Morgan fingerprint density at radius 3 is 2.65 bits per heavy atom. The predicted molar refractivity (Wildman–Crippen MR) is 110 cm³/mol. The number of amides is 3. The van der Waals surface area contributed by atoms with E-state index in [1.54, 1.807) is 50.2 Å². The van der Waals surface area contributed by atoms with Gasteiger partial charge in [-0.3, -0.25) is 4.90 Å². The highest BCUT2D eigenvalue weighted by atomic mass is 16.5. The van der Waals surface area contributed by atoms with E-state index in [0.29, 0.717) is 29.1 Å². The van der Waals surface area contributed by atoms with Gasteiger partial charge in [0.15, 0.2) is 0 Å². The second-order valence-electron chi connectivity index (χ2n) is 8.21. The highest BCUT2D eigenvalue weighted by Gasteiger charge is 2.43. The number of carboxylic acid groups (broad SMARTS) is 1. The molecule has 0 bridgehead atoms. The van der Waals surface area contributed by atoms with E-state index in [1.165, 1.54) is 4.90 Å². The summed E-state index contributed by atoms with van der Waals surface area (Å²) in [6.45, 7) is 4.03. The number of hydrogen-bond acceptors (Lipinski definition) is 5. The molecule has 2 atom stereocenters. The molecule has 0 aliphatic carbocycles. The maximum absolute atomic E-state index is 12.7. The highest BCUT2D eigenvalue weighted by molar-refractivity contribution is 5.90. The summed E-state index contributed by atoms with van der Waals surface area (Å²) in [5.41, 5.74) is 2.20. The van der Waals surface area contributed by atoms with Crippen molar-refractivity contribution in [3.05, 3.63) is 58.7 Å².